The molecule has 1 amide bonds. The van der Waals surface area contributed by atoms with Crippen molar-refractivity contribution in [3.05, 3.63) is 65.7 Å². The third-order valence-corrected chi connectivity index (χ3v) is 4.49. The van der Waals surface area contributed by atoms with Gasteiger partial charge in [0.05, 0.1) is 11.5 Å². The van der Waals surface area contributed by atoms with Crippen molar-refractivity contribution >= 4 is 17.7 Å². The van der Waals surface area contributed by atoms with Crippen molar-refractivity contribution in [2.24, 2.45) is 5.41 Å². The summed E-state index contributed by atoms with van der Waals surface area (Å²) >= 11 is 0. The number of nitrogens with one attached hydrogen (secondary N) is 1. The minimum atomic E-state index is -1.22. The van der Waals surface area contributed by atoms with E-state index in [-0.39, 0.29) is 6.61 Å². The van der Waals surface area contributed by atoms with Gasteiger partial charge in [-0.2, -0.15) is 0 Å². The highest BCUT2D eigenvalue weighted by Gasteiger charge is 2.39. The number of amides is 1. The molecule has 6 heteroatoms. The fourth-order valence-electron chi connectivity index (χ4n) is 2.65. The zero-order chi connectivity index (χ0) is 20.0. The number of anilines is 1. The Hall–Kier alpha value is -3.02. The number of carboxylic acids is 1. The van der Waals surface area contributed by atoms with E-state index in [1.807, 2.05) is 73.6 Å². The molecule has 0 fully saturated rings. The number of benzene rings is 2. The smallest absolute Gasteiger partial charge is 0.407 e. The third-order valence-electron chi connectivity index (χ3n) is 4.49. The molecule has 0 heterocycles. The molecule has 2 aromatic rings. The van der Waals surface area contributed by atoms with Gasteiger partial charge in [-0.1, -0.05) is 42.5 Å². The molecule has 0 aliphatic rings. The number of hydrogen-bond acceptors (Lipinski definition) is 4. The molecule has 0 spiro atoms. The monoisotopic (exact) mass is 370 g/mol. The molecule has 144 valence electrons. The van der Waals surface area contributed by atoms with Gasteiger partial charge in [-0.15, -0.1) is 0 Å². The van der Waals surface area contributed by atoms with Gasteiger partial charge in [0.1, 0.15) is 6.61 Å². The number of rotatable bonds is 7. The normalized spacial score (nSPS) is 12.1. The fourth-order valence-corrected chi connectivity index (χ4v) is 2.65. The van der Waals surface area contributed by atoms with Gasteiger partial charge in [-0.3, -0.25) is 4.79 Å². The van der Waals surface area contributed by atoms with Crippen molar-refractivity contribution < 1.29 is 19.4 Å². The molecule has 0 saturated heterocycles. The average molecular weight is 370 g/mol. The lowest BCUT2D eigenvalue weighted by Crippen LogP contribution is -2.42. The third kappa shape index (κ3) is 5.23. The molecule has 2 rings (SSSR count). The molecule has 0 radical (unpaired) electrons. The van der Waals surface area contributed by atoms with Gasteiger partial charge in [0.2, 0.25) is 0 Å². The van der Waals surface area contributed by atoms with Crippen LogP contribution in [0.4, 0.5) is 10.5 Å². The first-order valence-corrected chi connectivity index (χ1v) is 8.69. The van der Waals surface area contributed by atoms with Crippen LogP contribution >= 0.6 is 0 Å². The van der Waals surface area contributed by atoms with E-state index in [2.05, 4.69) is 5.32 Å². The number of carbonyl (C=O) groups is 2. The number of aliphatic carboxylic acids is 1. The zero-order valence-corrected chi connectivity index (χ0v) is 16.1. The summed E-state index contributed by atoms with van der Waals surface area (Å²) in [5, 5.41) is 12.4. The number of nitrogens with zero attached hydrogens (tertiary/aromatic N) is 1. The van der Waals surface area contributed by atoms with Gasteiger partial charge < -0.3 is 20.1 Å². The molecular weight excluding hydrogens is 344 g/mol. The van der Waals surface area contributed by atoms with E-state index in [1.54, 1.807) is 13.8 Å². The Bertz CT molecular complexity index is 771. The maximum atomic E-state index is 12.3. The lowest BCUT2D eigenvalue weighted by molar-refractivity contribution is -0.148. The minimum absolute atomic E-state index is 0.118. The van der Waals surface area contributed by atoms with Crippen LogP contribution in [-0.2, 0) is 16.1 Å². The molecule has 0 aliphatic heterocycles. The summed E-state index contributed by atoms with van der Waals surface area (Å²) in [5.74, 6) is -1.01. The average Bonchev–Trinajstić information content (AvgIpc) is 2.65. The van der Waals surface area contributed by atoms with E-state index in [0.717, 1.165) is 11.3 Å². The molecule has 0 bridgehead atoms. The van der Waals surface area contributed by atoms with Crippen molar-refractivity contribution in [1.82, 2.24) is 5.32 Å². The predicted octanol–water partition coefficient (Wildman–Crippen LogP) is 3.83. The number of alkyl carbamates (subject to hydrolysis) is 1. The zero-order valence-electron chi connectivity index (χ0n) is 16.1. The molecule has 6 nitrogen and oxygen atoms in total. The Kier molecular flexibility index (Phi) is 6.45. The largest absolute Gasteiger partial charge is 0.481 e. The second kappa shape index (κ2) is 8.58. The summed E-state index contributed by atoms with van der Waals surface area (Å²) in [6.45, 7) is 3.28. The summed E-state index contributed by atoms with van der Waals surface area (Å²) < 4.78 is 5.27. The van der Waals surface area contributed by atoms with Gasteiger partial charge in [0, 0.05) is 19.8 Å². The van der Waals surface area contributed by atoms with Crippen LogP contribution in [0.3, 0.4) is 0 Å². The van der Waals surface area contributed by atoms with Gasteiger partial charge in [0.15, 0.2) is 0 Å². The maximum absolute atomic E-state index is 12.3. The molecule has 27 heavy (non-hydrogen) atoms. The topological polar surface area (TPSA) is 78.9 Å². The lowest BCUT2D eigenvalue weighted by Gasteiger charge is -2.31. The van der Waals surface area contributed by atoms with Crippen LogP contribution in [0.2, 0.25) is 0 Å². The van der Waals surface area contributed by atoms with Crippen molar-refractivity contribution in [1.29, 1.82) is 0 Å². The molecule has 0 aromatic heterocycles. The van der Waals surface area contributed by atoms with Crippen molar-refractivity contribution in [2.75, 3.05) is 19.0 Å². The first-order valence-electron chi connectivity index (χ1n) is 8.69. The Morgan fingerprint density at radius 3 is 2.19 bits per heavy atom. The second-order valence-corrected chi connectivity index (χ2v) is 7.15. The quantitative estimate of drug-likeness (QED) is 0.774. The standard InChI is InChI=1S/C21H26N2O4/c1-21(2,19(24)25)18(16-10-12-17(13-11-16)23(3)4)22-20(26)27-14-15-8-6-5-7-9-15/h5-13,18H,14H2,1-4H3,(H,22,26)(H,24,25)/t18-/m0/s1. The highest BCUT2D eigenvalue weighted by molar-refractivity contribution is 5.77. The Morgan fingerprint density at radius 2 is 1.67 bits per heavy atom. The first kappa shape index (κ1) is 20.3. The lowest BCUT2D eigenvalue weighted by atomic mass is 9.80. The summed E-state index contributed by atoms with van der Waals surface area (Å²) in [4.78, 5) is 26.0. The second-order valence-electron chi connectivity index (χ2n) is 7.15. The molecule has 0 saturated carbocycles. The Balaban J connectivity index is 2.17. The maximum Gasteiger partial charge on any atom is 0.407 e. The van der Waals surface area contributed by atoms with Crippen LogP contribution in [-0.4, -0.2) is 31.3 Å². The van der Waals surface area contributed by atoms with Crippen LogP contribution in [0.15, 0.2) is 54.6 Å². The van der Waals surface area contributed by atoms with Gasteiger partial charge in [-0.25, -0.2) is 4.79 Å². The predicted molar refractivity (Wildman–Crippen MR) is 105 cm³/mol. The van der Waals surface area contributed by atoms with E-state index in [9.17, 15) is 14.7 Å². The van der Waals surface area contributed by atoms with E-state index in [4.69, 9.17) is 4.74 Å². The summed E-state index contributed by atoms with van der Waals surface area (Å²) in [5.41, 5.74) is 1.32. The van der Waals surface area contributed by atoms with Gasteiger partial charge in [0.25, 0.3) is 0 Å². The summed E-state index contributed by atoms with van der Waals surface area (Å²) in [6.07, 6.45) is -0.658. The molecule has 2 aromatic carbocycles. The SMILES string of the molecule is CN(C)c1ccc([C@H](NC(=O)OCc2ccccc2)C(C)(C)C(=O)O)cc1. The Labute approximate surface area is 159 Å². The van der Waals surface area contributed by atoms with Gasteiger partial charge >= 0.3 is 12.1 Å². The van der Waals surface area contributed by atoms with Gasteiger partial charge in [-0.05, 0) is 37.1 Å². The molecule has 0 unspecified atom stereocenters. The summed E-state index contributed by atoms with van der Waals surface area (Å²) in [6, 6.07) is 16.0. The first-order chi connectivity index (χ1) is 12.7. The van der Waals surface area contributed by atoms with Crippen LogP contribution in [0, 0.1) is 5.41 Å². The number of carboxylic acid groups (broad SMARTS) is 1. The van der Waals surface area contributed by atoms with E-state index >= 15 is 0 Å². The van der Waals surface area contributed by atoms with Crippen molar-refractivity contribution in [3.63, 3.8) is 0 Å². The highest BCUT2D eigenvalue weighted by Crippen LogP contribution is 2.34. The summed E-state index contributed by atoms with van der Waals surface area (Å²) in [7, 11) is 3.85. The molecule has 2 N–H and O–H groups in total. The number of carbonyl (C=O) groups excluding carboxylic acids is 1. The number of ether oxygens (including phenoxy) is 1. The van der Waals surface area contributed by atoms with Crippen LogP contribution < -0.4 is 10.2 Å². The van der Waals surface area contributed by atoms with Crippen molar-refractivity contribution in [3.8, 4) is 0 Å². The van der Waals surface area contributed by atoms with E-state index in [1.165, 1.54) is 0 Å². The van der Waals surface area contributed by atoms with Crippen molar-refractivity contribution in [2.45, 2.75) is 26.5 Å². The Morgan fingerprint density at radius 1 is 1.07 bits per heavy atom. The highest BCUT2D eigenvalue weighted by atomic mass is 16.5. The van der Waals surface area contributed by atoms with Crippen LogP contribution in [0.5, 0.6) is 0 Å². The van der Waals surface area contributed by atoms with Crippen LogP contribution in [0.25, 0.3) is 0 Å². The van der Waals surface area contributed by atoms with E-state index < -0.39 is 23.5 Å². The minimum Gasteiger partial charge on any atom is -0.481 e. The molecule has 1 atom stereocenters. The van der Waals surface area contributed by atoms with E-state index in [0.29, 0.717) is 5.56 Å². The van der Waals surface area contributed by atoms with Crippen LogP contribution in [0.1, 0.15) is 31.0 Å². The molecule has 0 aliphatic carbocycles. The fraction of sp³-hybridized carbons (Fsp3) is 0.333. The molecular formula is C21H26N2O4. The number of hydrogen-bond donors (Lipinski definition) is 2.